The molecule has 0 unspecified atom stereocenters. The molecule has 0 aromatic carbocycles. The molecule has 1 aliphatic rings. The number of carbonyl (C=O) groups is 1. The monoisotopic (exact) mass is 355 g/mol. The Labute approximate surface area is 143 Å². The van der Waals surface area contributed by atoms with Crippen LogP contribution in [0.1, 0.15) is 37.3 Å². The van der Waals surface area contributed by atoms with Crippen molar-refractivity contribution in [3.8, 4) is 0 Å². The van der Waals surface area contributed by atoms with Crippen molar-refractivity contribution in [3.63, 3.8) is 0 Å². The molecule has 1 aliphatic heterocycles. The Hall–Kier alpha value is -2.32. The summed E-state index contributed by atoms with van der Waals surface area (Å²) in [4.78, 5) is 13.8. The van der Waals surface area contributed by atoms with E-state index in [1.165, 1.54) is 0 Å². The Balaban J connectivity index is 1.44. The maximum atomic E-state index is 12.8. The van der Waals surface area contributed by atoms with Gasteiger partial charge in [-0.15, -0.1) is 10.2 Å². The first-order chi connectivity index (χ1) is 11.9. The zero-order chi connectivity index (χ0) is 17.9. The van der Waals surface area contributed by atoms with Crippen LogP contribution in [0.4, 0.5) is 13.2 Å². The molecule has 0 N–H and O–H groups in total. The first kappa shape index (κ1) is 17.5. The van der Waals surface area contributed by atoms with Crippen LogP contribution in [0.5, 0.6) is 0 Å². The number of unbranched alkanes of at least 4 members (excludes halogenated alkanes) is 2. The number of hydrogen-bond acceptors (Lipinski definition) is 3. The maximum Gasteiger partial charge on any atom is 0.451 e. The standard InChI is InChI=1S/C16H20F3N5O/c17-16(18,19)15-21-20-13-12-23(10-11-24(13)15)14(25)6-2-1-3-7-22-8-4-5-9-22/h4-5,8-9H,1-3,6-7,10-12H2. The van der Waals surface area contributed by atoms with Crippen LogP contribution in [0.2, 0.25) is 0 Å². The summed E-state index contributed by atoms with van der Waals surface area (Å²) in [6, 6.07) is 3.95. The number of halogens is 3. The molecule has 9 heteroatoms. The highest BCUT2D eigenvalue weighted by Crippen LogP contribution is 2.29. The molecule has 0 spiro atoms. The third kappa shape index (κ3) is 4.21. The first-order valence-corrected chi connectivity index (χ1v) is 8.33. The minimum atomic E-state index is -4.52. The Kier molecular flexibility index (Phi) is 5.10. The van der Waals surface area contributed by atoms with Crippen LogP contribution in [0, 0.1) is 0 Å². The summed E-state index contributed by atoms with van der Waals surface area (Å²) in [5.41, 5.74) is 0. The highest BCUT2D eigenvalue weighted by molar-refractivity contribution is 5.76. The van der Waals surface area contributed by atoms with Crippen molar-refractivity contribution in [1.29, 1.82) is 0 Å². The Morgan fingerprint density at radius 2 is 1.84 bits per heavy atom. The van der Waals surface area contributed by atoms with Crippen LogP contribution in [-0.4, -0.2) is 36.7 Å². The van der Waals surface area contributed by atoms with Gasteiger partial charge < -0.3 is 14.0 Å². The summed E-state index contributed by atoms with van der Waals surface area (Å²) in [6.07, 6.45) is 2.60. The lowest BCUT2D eigenvalue weighted by Crippen LogP contribution is -2.39. The van der Waals surface area contributed by atoms with Gasteiger partial charge in [0.1, 0.15) is 0 Å². The molecule has 0 radical (unpaired) electrons. The quantitative estimate of drug-likeness (QED) is 0.749. The smallest absolute Gasteiger partial charge is 0.354 e. The minimum absolute atomic E-state index is 0.0382. The van der Waals surface area contributed by atoms with E-state index in [1.807, 2.05) is 24.5 Å². The van der Waals surface area contributed by atoms with Gasteiger partial charge in [0, 0.05) is 38.4 Å². The van der Waals surface area contributed by atoms with Crippen molar-refractivity contribution in [2.24, 2.45) is 0 Å². The molecule has 0 aliphatic carbocycles. The molecular formula is C16H20F3N5O. The van der Waals surface area contributed by atoms with Crippen molar-refractivity contribution < 1.29 is 18.0 Å². The predicted octanol–water partition coefficient (Wildman–Crippen LogP) is 2.70. The Bertz CT molecular complexity index is 708. The van der Waals surface area contributed by atoms with Crippen molar-refractivity contribution in [3.05, 3.63) is 36.2 Å². The molecule has 0 fully saturated rings. The molecule has 2 aromatic rings. The molecule has 136 valence electrons. The van der Waals surface area contributed by atoms with Crippen LogP contribution in [-0.2, 0) is 30.6 Å². The Morgan fingerprint density at radius 1 is 1.08 bits per heavy atom. The molecule has 25 heavy (non-hydrogen) atoms. The van der Waals surface area contributed by atoms with Crippen molar-refractivity contribution in [1.82, 2.24) is 24.2 Å². The first-order valence-electron chi connectivity index (χ1n) is 8.33. The number of nitrogens with zero attached hydrogens (tertiary/aromatic N) is 5. The van der Waals surface area contributed by atoms with E-state index in [1.54, 1.807) is 4.90 Å². The van der Waals surface area contributed by atoms with Gasteiger partial charge in [-0.3, -0.25) is 4.79 Å². The average Bonchev–Trinajstić information content (AvgIpc) is 3.22. The predicted molar refractivity (Wildman–Crippen MR) is 83.3 cm³/mol. The van der Waals surface area contributed by atoms with E-state index in [0.717, 1.165) is 30.4 Å². The normalized spacial score (nSPS) is 14.6. The second kappa shape index (κ2) is 7.28. The second-order valence-corrected chi connectivity index (χ2v) is 6.14. The highest BCUT2D eigenvalue weighted by Gasteiger charge is 2.39. The molecule has 0 bridgehead atoms. The largest absolute Gasteiger partial charge is 0.451 e. The number of aromatic nitrogens is 4. The highest BCUT2D eigenvalue weighted by atomic mass is 19.4. The van der Waals surface area contributed by atoms with Gasteiger partial charge >= 0.3 is 6.18 Å². The molecule has 0 saturated heterocycles. The number of fused-ring (bicyclic) bond motifs is 1. The topological polar surface area (TPSA) is 56.0 Å². The van der Waals surface area contributed by atoms with Gasteiger partial charge in [-0.05, 0) is 25.0 Å². The molecular weight excluding hydrogens is 335 g/mol. The van der Waals surface area contributed by atoms with E-state index in [2.05, 4.69) is 14.8 Å². The van der Waals surface area contributed by atoms with E-state index >= 15 is 0 Å². The molecule has 0 atom stereocenters. The fraction of sp³-hybridized carbons (Fsp3) is 0.562. The number of aryl methyl sites for hydroxylation is 1. The van der Waals surface area contributed by atoms with E-state index in [0.29, 0.717) is 6.42 Å². The Morgan fingerprint density at radius 3 is 2.56 bits per heavy atom. The third-order valence-electron chi connectivity index (χ3n) is 4.33. The van der Waals surface area contributed by atoms with E-state index in [9.17, 15) is 18.0 Å². The molecule has 3 rings (SSSR count). The summed E-state index contributed by atoms with van der Waals surface area (Å²) in [6.45, 7) is 1.35. The van der Waals surface area contributed by atoms with Gasteiger partial charge in [-0.2, -0.15) is 13.2 Å². The van der Waals surface area contributed by atoms with Crippen LogP contribution in [0.15, 0.2) is 24.5 Å². The van der Waals surface area contributed by atoms with Crippen LogP contribution >= 0.6 is 0 Å². The summed E-state index contributed by atoms with van der Waals surface area (Å²) < 4.78 is 41.6. The number of amides is 1. The van der Waals surface area contributed by atoms with Gasteiger partial charge in [0.05, 0.1) is 6.54 Å². The lowest BCUT2D eigenvalue weighted by molar-refractivity contribution is -0.148. The fourth-order valence-corrected chi connectivity index (χ4v) is 3.01. The van der Waals surface area contributed by atoms with Crippen LogP contribution in [0.25, 0.3) is 0 Å². The maximum absolute atomic E-state index is 12.8. The lowest BCUT2D eigenvalue weighted by atomic mass is 10.1. The molecule has 1 amide bonds. The number of hydrogen-bond donors (Lipinski definition) is 0. The van der Waals surface area contributed by atoms with Gasteiger partial charge in [0.2, 0.25) is 11.7 Å². The third-order valence-corrected chi connectivity index (χ3v) is 4.33. The van der Waals surface area contributed by atoms with E-state index in [-0.39, 0.29) is 31.4 Å². The molecule has 6 nitrogen and oxygen atoms in total. The summed E-state index contributed by atoms with van der Waals surface area (Å²) in [7, 11) is 0. The second-order valence-electron chi connectivity index (χ2n) is 6.14. The number of rotatable bonds is 6. The molecule has 0 saturated carbocycles. The van der Waals surface area contributed by atoms with Crippen molar-refractivity contribution in [2.75, 3.05) is 6.54 Å². The van der Waals surface area contributed by atoms with Gasteiger partial charge in [0.25, 0.3) is 0 Å². The summed E-state index contributed by atoms with van der Waals surface area (Å²) in [5, 5.41) is 6.81. The zero-order valence-electron chi connectivity index (χ0n) is 13.7. The van der Waals surface area contributed by atoms with Gasteiger partial charge in [-0.25, -0.2) is 0 Å². The molecule has 3 heterocycles. The number of carbonyl (C=O) groups excluding carboxylic acids is 1. The lowest BCUT2D eigenvalue weighted by Gasteiger charge is -2.28. The van der Waals surface area contributed by atoms with Gasteiger partial charge in [-0.1, -0.05) is 6.42 Å². The van der Waals surface area contributed by atoms with Crippen molar-refractivity contribution in [2.45, 2.75) is 51.5 Å². The number of alkyl halides is 3. The van der Waals surface area contributed by atoms with E-state index in [4.69, 9.17) is 0 Å². The van der Waals surface area contributed by atoms with Crippen molar-refractivity contribution >= 4 is 5.91 Å². The zero-order valence-corrected chi connectivity index (χ0v) is 13.7. The SMILES string of the molecule is O=C(CCCCCn1cccc1)N1CCn2c(nnc2C(F)(F)F)C1. The fourth-order valence-electron chi connectivity index (χ4n) is 3.01. The summed E-state index contributed by atoms with van der Waals surface area (Å²) in [5.74, 6) is -0.831. The summed E-state index contributed by atoms with van der Waals surface area (Å²) >= 11 is 0. The average molecular weight is 355 g/mol. The minimum Gasteiger partial charge on any atom is -0.354 e. The molecule has 2 aromatic heterocycles. The van der Waals surface area contributed by atoms with Crippen LogP contribution < -0.4 is 0 Å². The van der Waals surface area contributed by atoms with Crippen LogP contribution in [0.3, 0.4) is 0 Å². The van der Waals surface area contributed by atoms with Gasteiger partial charge in [0.15, 0.2) is 5.82 Å². The van der Waals surface area contributed by atoms with E-state index < -0.39 is 12.0 Å².